The Hall–Kier alpha value is -2.51. The molecule has 0 amide bonds. The fraction of sp³-hybridized carbons (Fsp3) is 0.364. The summed E-state index contributed by atoms with van der Waals surface area (Å²) in [5, 5.41) is 20.0. The van der Waals surface area contributed by atoms with E-state index >= 15 is 4.39 Å². The third-order valence-electron chi connectivity index (χ3n) is 5.61. The number of benzene rings is 2. The Balaban J connectivity index is 2.11. The van der Waals surface area contributed by atoms with E-state index in [4.69, 9.17) is 14.0 Å². The van der Waals surface area contributed by atoms with Crippen LogP contribution in [-0.2, 0) is 15.7 Å². The first-order valence-corrected chi connectivity index (χ1v) is 9.44. The summed E-state index contributed by atoms with van der Waals surface area (Å²) in [4.78, 5) is 0. The van der Waals surface area contributed by atoms with Crippen LogP contribution in [0.15, 0.2) is 48.2 Å². The van der Waals surface area contributed by atoms with Crippen LogP contribution in [0.1, 0.15) is 38.8 Å². The molecule has 0 atom stereocenters. The fourth-order valence-corrected chi connectivity index (χ4v) is 3.21. The highest BCUT2D eigenvalue weighted by molar-refractivity contribution is 6.55. The van der Waals surface area contributed by atoms with Gasteiger partial charge in [-0.25, -0.2) is 4.39 Å². The highest BCUT2D eigenvalue weighted by Gasteiger charge is 2.53. The predicted octanol–water partition coefficient (Wildman–Crippen LogP) is 4.66. The molecule has 1 heterocycles. The molecule has 3 rings (SSSR count). The number of aromatic hydroxyl groups is 2. The van der Waals surface area contributed by atoms with E-state index in [1.54, 1.807) is 13.2 Å². The van der Waals surface area contributed by atoms with E-state index in [1.165, 1.54) is 18.2 Å². The molecule has 7 heteroatoms. The first-order chi connectivity index (χ1) is 13.6. The van der Waals surface area contributed by atoms with Crippen LogP contribution < -0.4 is 4.74 Å². The minimum atomic E-state index is -1.21. The number of methoxy groups -OCH3 is 1. The number of allylic oxidation sites excluding steroid dienone is 1. The molecule has 0 unspecified atom stereocenters. The standard InChI is InChI=1S/C22H26BFO5/c1-21(2)22(3,4)29-23(28-21)20(24)17(16-11-10-15(25)13-18(16)26)12-14-8-6-7-9-19(14)27-5/h6-11,13,25-26H,12H2,1-5H3. The summed E-state index contributed by atoms with van der Waals surface area (Å²) in [5.74, 6) is 0.255. The SMILES string of the molecule is COc1ccccc1CC(=C(F)B1OC(C)(C)C(C)(C)O1)c1ccc(O)cc1O. The quantitative estimate of drug-likeness (QED) is 0.715. The third kappa shape index (κ3) is 4.11. The summed E-state index contributed by atoms with van der Waals surface area (Å²) in [6, 6.07) is 11.3. The molecule has 154 valence electrons. The van der Waals surface area contributed by atoms with E-state index in [9.17, 15) is 10.2 Å². The van der Waals surface area contributed by atoms with Crippen LogP contribution in [-0.4, -0.2) is 35.6 Å². The Morgan fingerprint density at radius 1 is 1.03 bits per heavy atom. The van der Waals surface area contributed by atoms with Gasteiger partial charge in [0.15, 0.2) is 0 Å². The summed E-state index contributed by atoms with van der Waals surface area (Å²) in [5.41, 5.74) is -0.852. The van der Waals surface area contributed by atoms with Crippen LogP contribution in [0, 0.1) is 0 Å². The Bertz CT molecular complexity index is 923. The molecule has 0 bridgehead atoms. The largest absolute Gasteiger partial charge is 0.525 e. The number of para-hydroxylation sites is 1. The fourth-order valence-electron chi connectivity index (χ4n) is 3.21. The van der Waals surface area contributed by atoms with Crippen LogP contribution in [0.3, 0.4) is 0 Å². The van der Waals surface area contributed by atoms with Gasteiger partial charge in [-0.15, -0.1) is 0 Å². The highest BCUT2D eigenvalue weighted by atomic mass is 19.1. The number of hydrogen-bond acceptors (Lipinski definition) is 5. The van der Waals surface area contributed by atoms with E-state index in [1.807, 2.05) is 45.9 Å². The third-order valence-corrected chi connectivity index (χ3v) is 5.61. The molecule has 29 heavy (non-hydrogen) atoms. The molecular weight excluding hydrogens is 374 g/mol. The van der Waals surface area contributed by atoms with E-state index in [2.05, 4.69) is 0 Å². The van der Waals surface area contributed by atoms with Crippen LogP contribution >= 0.6 is 0 Å². The molecule has 0 aromatic heterocycles. The van der Waals surface area contributed by atoms with Gasteiger partial charge in [0.25, 0.3) is 0 Å². The summed E-state index contributed by atoms with van der Waals surface area (Å²) in [6.07, 6.45) is 0.137. The normalized spacial score (nSPS) is 18.5. The summed E-state index contributed by atoms with van der Waals surface area (Å²) < 4.78 is 32.9. The summed E-state index contributed by atoms with van der Waals surface area (Å²) in [6.45, 7) is 7.38. The summed E-state index contributed by atoms with van der Waals surface area (Å²) >= 11 is 0. The van der Waals surface area contributed by atoms with Crippen molar-refractivity contribution in [2.45, 2.75) is 45.3 Å². The molecule has 1 aliphatic rings. The maximum absolute atomic E-state index is 15.8. The second-order valence-corrected chi connectivity index (χ2v) is 8.10. The molecular formula is C22H26BFO5. The molecule has 0 aliphatic carbocycles. The lowest BCUT2D eigenvalue weighted by Crippen LogP contribution is -2.41. The Morgan fingerprint density at radius 2 is 1.66 bits per heavy atom. The second-order valence-electron chi connectivity index (χ2n) is 8.10. The molecule has 2 N–H and O–H groups in total. The van der Waals surface area contributed by atoms with Gasteiger partial charge in [0.2, 0.25) is 0 Å². The van der Waals surface area contributed by atoms with Crippen molar-refractivity contribution in [1.82, 2.24) is 0 Å². The topological polar surface area (TPSA) is 68.2 Å². The van der Waals surface area contributed by atoms with Crippen molar-refractivity contribution in [3.63, 3.8) is 0 Å². The highest BCUT2D eigenvalue weighted by Crippen LogP contribution is 2.42. The van der Waals surface area contributed by atoms with Gasteiger partial charge in [-0.1, -0.05) is 18.2 Å². The number of phenolic OH excluding ortho intramolecular Hbond substituents is 2. The van der Waals surface area contributed by atoms with Crippen molar-refractivity contribution >= 4 is 12.7 Å². The average molecular weight is 400 g/mol. The lowest BCUT2D eigenvalue weighted by atomic mass is 9.80. The van der Waals surface area contributed by atoms with Gasteiger partial charge in [-0.3, -0.25) is 0 Å². The lowest BCUT2D eigenvalue weighted by molar-refractivity contribution is 0.00578. The van der Waals surface area contributed by atoms with Gasteiger partial charge in [-0.2, -0.15) is 0 Å². The van der Waals surface area contributed by atoms with Crippen molar-refractivity contribution in [1.29, 1.82) is 0 Å². The molecule has 1 fully saturated rings. The number of rotatable bonds is 5. The van der Waals surface area contributed by atoms with E-state index in [0.29, 0.717) is 5.75 Å². The van der Waals surface area contributed by atoms with Gasteiger partial charge in [0, 0.05) is 18.1 Å². The maximum atomic E-state index is 15.8. The smallest absolute Gasteiger partial charge is 0.508 e. The first kappa shape index (κ1) is 21.2. The molecule has 0 saturated carbocycles. The first-order valence-electron chi connectivity index (χ1n) is 9.44. The molecule has 1 saturated heterocycles. The Kier molecular flexibility index (Phi) is 5.65. The Labute approximate surface area is 170 Å². The predicted molar refractivity (Wildman–Crippen MR) is 111 cm³/mol. The molecule has 1 aliphatic heterocycles. The second kappa shape index (κ2) is 7.73. The van der Waals surface area contributed by atoms with Crippen LogP contribution in [0.2, 0.25) is 0 Å². The Morgan fingerprint density at radius 3 is 2.24 bits per heavy atom. The molecule has 0 spiro atoms. The van der Waals surface area contributed by atoms with Gasteiger partial charge in [0.05, 0.1) is 18.3 Å². The van der Waals surface area contributed by atoms with E-state index < -0.39 is 24.0 Å². The van der Waals surface area contributed by atoms with Crippen molar-refractivity contribution in [3.05, 3.63) is 59.3 Å². The van der Waals surface area contributed by atoms with Gasteiger partial charge >= 0.3 is 7.12 Å². The maximum Gasteiger partial charge on any atom is 0.525 e. The van der Waals surface area contributed by atoms with Crippen LogP contribution in [0.5, 0.6) is 17.2 Å². The summed E-state index contributed by atoms with van der Waals surface area (Å²) in [7, 11) is 0.336. The van der Waals surface area contributed by atoms with Crippen LogP contribution in [0.25, 0.3) is 5.57 Å². The zero-order chi connectivity index (χ0) is 21.4. The van der Waals surface area contributed by atoms with Gasteiger partial charge < -0.3 is 24.3 Å². The molecule has 5 nitrogen and oxygen atoms in total. The van der Waals surface area contributed by atoms with Crippen LogP contribution in [0.4, 0.5) is 4.39 Å². The number of halogens is 1. The van der Waals surface area contributed by atoms with Crippen molar-refractivity contribution in [3.8, 4) is 17.2 Å². The van der Waals surface area contributed by atoms with Gasteiger partial charge in [0.1, 0.15) is 23.0 Å². The monoisotopic (exact) mass is 400 g/mol. The van der Waals surface area contributed by atoms with Crippen molar-refractivity contribution < 1.29 is 28.6 Å². The number of phenols is 2. The minimum Gasteiger partial charge on any atom is -0.508 e. The zero-order valence-electron chi connectivity index (χ0n) is 17.3. The lowest BCUT2D eigenvalue weighted by Gasteiger charge is -2.32. The molecule has 0 radical (unpaired) electrons. The van der Waals surface area contributed by atoms with E-state index in [-0.39, 0.29) is 29.1 Å². The average Bonchev–Trinajstić information content (AvgIpc) is 2.87. The molecule has 2 aromatic carbocycles. The van der Waals surface area contributed by atoms with Crippen molar-refractivity contribution in [2.24, 2.45) is 0 Å². The van der Waals surface area contributed by atoms with Crippen molar-refractivity contribution in [2.75, 3.05) is 7.11 Å². The number of hydrogen-bond donors (Lipinski definition) is 2. The number of ether oxygens (including phenoxy) is 1. The zero-order valence-corrected chi connectivity index (χ0v) is 17.3. The molecule has 2 aromatic rings. The van der Waals surface area contributed by atoms with Gasteiger partial charge in [-0.05, 0) is 57.0 Å². The minimum absolute atomic E-state index is 0.112. The van der Waals surface area contributed by atoms with E-state index in [0.717, 1.165) is 5.56 Å².